The SMILES string of the molecule is Cc1cccc(CNC2CCc3ccccc3C2)c1O. The highest BCUT2D eigenvalue weighted by Crippen LogP contribution is 2.24. The molecule has 0 fully saturated rings. The molecular formula is C18H21NO. The number of fused-ring (bicyclic) bond motifs is 1. The van der Waals surface area contributed by atoms with E-state index >= 15 is 0 Å². The number of rotatable bonds is 3. The van der Waals surface area contributed by atoms with Gasteiger partial charge in [-0.3, -0.25) is 0 Å². The second kappa shape index (κ2) is 5.68. The number of benzene rings is 2. The number of phenols is 1. The zero-order chi connectivity index (χ0) is 13.9. The molecule has 0 radical (unpaired) electrons. The molecule has 0 saturated carbocycles. The standard InChI is InChI=1S/C18H21NO/c1-13-5-4-8-16(18(13)20)12-19-17-10-9-14-6-2-3-7-15(14)11-17/h2-8,17,19-20H,9-12H2,1H3. The van der Waals surface area contributed by atoms with Crippen LogP contribution in [0.1, 0.15) is 28.7 Å². The first-order valence-corrected chi connectivity index (χ1v) is 7.31. The number of para-hydroxylation sites is 1. The molecule has 0 aliphatic heterocycles. The molecule has 20 heavy (non-hydrogen) atoms. The van der Waals surface area contributed by atoms with E-state index in [1.54, 1.807) is 0 Å². The van der Waals surface area contributed by atoms with Crippen LogP contribution in [0.2, 0.25) is 0 Å². The van der Waals surface area contributed by atoms with Crippen LogP contribution in [0.4, 0.5) is 0 Å². The summed E-state index contributed by atoms with van der Waals surface area (Å²) in [4.78, 5) is 0. The Bertz CT molecular complexity index is 606. The maximum absolute atomic E-state index is 10.0. The summed E-state index contributed by atoms with van der Waals surface area (Å²) in [7, 11) is 0. The van der Waals surface area contributed by atoms with Gasteiger partial charge >= 0.3 is 0 Å². The average molecular weight is 267 g/mol. The van der Waals surface area contributed by atoms with Crippen molar-refractivity contribution >= 4 is 0 Å². The lowest BCUT2D eigenvalue weighted by atomic mass is 9.88. The number of aryl methyl sites for hydroxylation is 2. The lowest BCUT2D eigenvalue weighted by Crippen LogP contribution is -2.34. The van der Waals surface area contributed by atoms with Gasteiger partial charge in [-0.05, 0) is 42.9 Å². The van der Waals surface area contributed by atoms with E-state index in [9.17, 15) is 5.11 Å². The third-order valence-corrected chi connectivity index (χ3v) is 4.25. The van der Waals surface area contributed by atoms with Crippen molar-refractivity contribution in [3.05, 3.63) is 64.7 Å². The van der Waals surface area contributed by atoms with Crippen molar-refractivity contribution in [2.45, 2.75) is 38.8 Å². The summed E-state index contributed by atoms with van der Waals surface area (Å²) in [6, 6.07) is 15.1. The summed E-state index contributed by atoms with van der Waals surface area (Å²) in [5.74, 6) is 0.427. The van der Waals surface area contributed by atoms with Crippen LogP contribution < -0.4 is 5.32 Å². The van der Waals surface area contributed by atoms with E-state index in [1.165, 1.54) is 17.5 Å². The Hall–Kier alpha value is -1.80. The predicted molar refractivity (Wildman–Crippen MR) is 81.9 cm³/mol. The molecule has 0 saturated heterocycles. The number of hydrogen-bond acceptors (Lipinski definition) is 2. The lowest BCUT2D eigenvalue weighted by molar-refractivity contribution is 0.435. The summed E-state index contributed by atoms with van der Waals surface area (Å²) in [5, 5.41) is 13.6. The maximum Gasteiger partial charge on any atom is 0.122 e. The number of aromatic hydroxyl groups is 1. The van der Waals surface area contributed by atoms with Gasteiger partial charge in [-0.15, -0.1) is 0 Å². The molecule has 0 bridgehead atoms. The molecule has 1 aliphatic rings. The van der Waals surface area contributed by atoms with Crippen LogP contribution in [0.3, 0.4) is 0 Å². The van der Waals surface area contributed by atoms with Gasteiger partial charge in [0, 0.05) is 18.2 Å². The lowest BCUT2D eigenvalue weighted by Gasteiger charge is -2.25. The van der Waals surface area contributed by atoms with E-state index in [0.717, 1.165) is 30.5 Å². The topological polar surface area (TPSA) is 32.3 Å². The highest BCUT2D eigenvalue weighted by molar-refractivity contribution is 5.39. The van der Waals surface area contributed by atoms with Crippen LogP contribution in [-0.2, 0) is 19.4 Å². The molecule has 1 unspecified atom stereocenters. The highest BCUT2D eigenvalue weighted by Gasteiger charge is 2.17. The maximum atomic E-state index is 10.0. The van der Waals surface area contributed by atoms with Crippen molar-refractivity contribution in [1.82, 2.24) is 5.32 Å². The normalized spacial score (nSPS) is 17.8. The summed E-state index contributed by atoms with van der Waals surface area (Å²) in [6.45, 7) is 2.68. The van der Waals surface area contributed by atoms with E-state index in [4.69, 9.17) is 0 Å². The van der Waals surface area contributed by atoms with Gasteiger partial charge in [0.2, 0.25) is 0 Å². The van der Waals surface area contributed by atoms with E-state index in [0.29, 0.717) is 11.8 Å². The monoisotopic (exact) mass is 267 g/mol. The fourth-order valence-corrected chi connectivity index (χ4v) is 2.99. The molecule has 0 heterocycles. The Kier molecular flexibility index (Phi) is 3.75. The quantitative estimate of drug-likeness (QED) is 0.894. The van der Waals surface area contributed by atoms with Crippen molar-refractivity contribution in [2.75, 3.05) is 0 Å². The third kappa shape index (κ3) is 2.70. The first-order valence-electron chi connectivity index (χ1n) is 7.31. The Morgan fingerprint density at radius 1 is 1.10 bits per heavy atom. The van der Waals surface area contributed by atoms with Crippen molar-refractivity contribution in [2.24, 2.45) is 0 Å². The van der Waals surface area contributed by atoms with E-state index in [-0.39, 0.29) is 0 Å². The average Bonchev–Trinajstić information content (AvgIpc) is 2.48. The molecule has 2 N–H and O–H groups in total. The van der Waals surface area contributed by atoms with E-state index < -0.39 is 0 Å². The molecule has 2 aromatic rings. The molecule has 104 valence electrons. The van der Waals surface area contributed by atoms with Crippen LogP contribution in [0.15, 0.2) is 42.5 Å². The van der Waals surface area contributed by atoms with Crippen LogP contribution in [0.5, 0.6) is 5.75 Å². The number of hydrogen-bond donors (Lipinski definition) is 2. The van der Waals surface area contributed by atoms with Gasteiger partial charge in [0.25, 0.3) is 0 Å². The summed E-state index contributed by atoms with van der Waals surface area (Å²) < 4.78 is 0. The zero-order valence-electron chi connectivity index (χ0n) is 11.9. The number of phenolic OH excluding ortho intramolecular Hbond substituents is 1. The first-order chi connectivity index (χ1) is 9.74. The van der Waals surface area contributed by atoms with Gasteiger partial charge in [0.05, 0.1) is 0 Å². The Morgan fingerprint density at radius 2 is 1.90 bits per heavy atom. The van der Waals surface area contributed by atoms with Gasteiger partial charge in [-0.25, -0.2) is 0 Å². The van der Waals surface area contributed by atoms with Crippen LogP contribution >= 0.6 is 0 Å². The fourth-order valence-electron chi connectivity index (χ4n) is 2.99. The minimum atomic E-state index is 0.427. The first kappa shape index (κ1) is 13.2. The van der Waals surface area contributed by atoms with Crippen LogP contribution in [0.25, 0.3) is 0 Å². The fraction of sp³-hybridized carbons (Fsp3) is 0.333. The van der Waals surface area contributed by atoms with Crippen LogP contribution in [-0.4, -0.2) is 11.1 Å². The van der Waals surface area contributed by atoms with E-state index in [2.05, 4.69) is 29.6 Å². The molecule has 3 rings (SSSR count). The largest absolute Gasteiger partial charge is 0.507 e. The second-order valence-corrected chi connectivity index (χ2v) is 5.67. The van der Waals surface area contributed by atoms with Crippen LogP contribution in [0, 0.1) is 6.92 Å². The minimum absolute atomic E-state index is 0.427. The molecular weight excluding hydrogens is 246 g/mol. The molecule has 0 aromatic heterocycles. The molecule has 1 aliphatic carbocycles. The Labute approximate surface area is 120 Å². The zero-order valence-corrected chi connectivity index (χ0v) is 11.9. The van der Waals surface area contributed by atoms with Crippen molar-refractivity contribution in [1.29, 1.82) is 0 Å². The molecule has 0 amide bonds. The minimum Gasteiger partial charge on any atom is -0.507 e. The molecule has 2 heteroatoms. The van der Waals surface area contributed by atoms with Gasteiger partial charge in [0.1, 0.15) is 5.75 Å². The third-order valence-electron chi connectivity index (χ3n) is 4.25. The van der Waals surface area contributed by atoms with Gasteiger partial charge < -0.3 is 10.4 Å². The highest BCUT2D eigenvalue weighted by atomic mass is 16.3. The van der Waals surface area contributed by atoms with E-state index in [1.807, 2.05) is 25.1 Å². The Morgan fingerprint density at radius 3 is 2.75 bits per heavy atom. The van der Waals surface area contributed by atoms with Crippen molar-refractivity contribution < 1.29 is 5.11 Å². The second-order valence-electron chi connectivity index (χ2n) is 5.67. The molecule has 2 aromatic carbocycles. The Balaban J connectivity index is 1.64. The van der Waals surface area contributed by atoms with Crippen molar-refractivity contribution in [3.8, 4) is 5.75 Å². The summed E-state index contributed by atoms with van der Waals surface area (Å²) >= 11 is 0. The molecule has 0 spiro atoms. The van der Waals surface area contributed by atoms with Gasteiger partial charge in [-0.1, -0.05) is 42.5 Å². The van der Waals surface area contributed by atoms with Gasteiger partial charge in [0.15, 0.2) is 0 Å². The molecule has 2 nitrogen and oxygen atoms in total. The van der Waals surface area contributed by atoms with Gasteiger partial charge in [-0.2, -0.15) is 0 Å². The van der Waals surface area contributed by atoms with Crippen molar-refractivity contribution in [3.63, 3.8) is 0 Å². The molecule has 1 atom stereocenters. The summed E-state index contributed by atoms with van der Waals surface area (Å²) in [5.41, 5.74) is 4.89. The number of nitrogens with one attached hydrogen (secondary N) is 1. The smallest absolute Gasteiger partial charge is 0.122 e. The summed E-state index contributed by atoms with van der Waals surface area (Å²) in [6.07, 6.45) is 3.40. The predicted octanol–water partition coefficient (Wildman–Crippen LogP) is 3.35.